The number of aromatic nitrogens is 2. The molecular weight excluding hydrogens is 788 g/mol. The molecule has 0 N–H and O–H groups in total. The zero-order valence-corrected chi connectivity index (χ0v) is 34.6. The fourth-order valence-electron chi connectivity index (χ4n) is 8.72. The van der Waals surface area contributed by atoms with Gasteiger partial charge in [0.15, 0.2) is 0 Å². The first-order chi connectivity index (χ1) is 25.9. The third-order valence-electron chi connectivity index (χ3n) is 11.6. The van der Waals surface area contributed by atoms with Crippen molar-refractivity contribution in [3.63, 3.8) is 0 Å². The highest BCUT2D eigenvalue weighted by atomic mass is 127. The van der Waals surface area contributed by atoms with Crippen LogP contribution in [0.1, 0.15) is 70.6 Å². The lowest BCUT2D eigenvalue weighted by atomic mass is 9.85. The van der Waals surface area contributed by atoms with Crippen LogP contribution in [0.2, 0.25) is 0 Å². The molecule has 1 aliphatic rings. The van der Waals surface area contributed by atoms with Crippen molar-refractivity contribution >= 4 is 103 Å². The highest BCUT2D eigenvalue weighted by molar-refractivity contribution is 14.1. The van der Waals surface area contributed by atoms with E-state index in [9.17, 15) is 0 Å². The number of hydrogen-bond acceptors (Lipinski definition) is 1. The number of allylic oxidation sites excluding steroid dienone is 4. The third-order valence-corrected chi connectivity index (χ3v) is 13.6. The van der Waals surface area contributed by atoms with E-state index in [1.807, 2.05) is 11.3 Å². The number of nitrogens with zero attached hydrogens (tertiary/aromatic N) is 2. The van der Waals surface area contributed by atoms with E-state index in [0.29, 0.717) is 5.92 Å². The molecule has 1 aliphatic carbocycles. The van der Waals surface area contributed by atoms with E-state index >= 15 is 0 Å². The highest BCUT2D eigenvalue weighted by Crippen LogP contribution is 2.43. The van der Waals surface area contributed by atoms with Gasteiger partial charge >= 0.3 is 0 Å². The van der Waals surface area contributed by atoms with Crippen molar-refractivity contribution in [2.24, 2.45) is 0 Å². The summed E-state index contributed by atoms with van der Waals surface area (Å²) < 4.78 is 8.95. The Labute approximate surface area is 334 Å². The van der Waals surface area contributed by atoms with Crippen LogP contribution in [-0.2, 0) is 10.8 Å². The largest absolute Gasteiger partial charge is 0.310 e. The first kappa shape index (κ1) is 33.9. The molecule has 3 aromatic heterocycles. The number of hydrogen-bond donors (Lipinski definition) is 0. The van der Waals surface area contributed by atoms with E-state index in [4.69, 9.17) is 0 Å². The fourth-order valence-corrected chi connectivity index (χ4v) is 11.1. The molecule has 54 heavy (non-hydrogen) atoms. The van der Waals surface area contributed by atoms with Gasteiger partial charge in [0.05, 0.1) is 22.1 Å². The average Bonchev–Trinajstić information content (AvgIpc) is 3.79. The maximum absolute atomic E-state index is 2.55. The van der Waals surface area contributed by atoms with Gasteiger partial charge in [-0.15, -0.1) is 11.3 Å². The Bertz CT molecular complexity index is 3040. The summed E-state index contributed by atoms with van der Waals surface area (Å²) >= 11 is 4.43. The first-order valence-corrected chi connectivity index (χ1v) is 21.0. The minimum atomic E-state index is 0.0702. The summed E-state index contributed by atoms with van der Waals surface area (Å²) in [5.41, 5.74) is 11.8. The molecule has 10 rings (SSSR count). The monoisotopic (exact) mass is 830 g/mol. The first-order valence-electron chi connectivity index (χ1n) is 19.1. The number of benzene rings is 6. The second-order valence-corrected chi connectivity index (χ2v) is 19.4. The van der Waals surface area contributed by atoms with E-state index in [1.165, 1.54) is 95.4 Å². The Morgan fingerprint density at radius 3 is 2.00 bits per heavy atom. The molecule has 0 bridgehead atoms. The fraction of sp³-hybridized carbons (Fsp3) is 0.200. The maximum Gasteiger partial charge on any atom is 0.0555 e. The third kappa shape index (κ3) is 5.31. The van der Waals surface area contributed by atoms with E-state index in [0.717, 1.165) is 6.42 Å². The Kier molecular flexibility index (Phi) is 7.64. The molecule has 266 valence electrons. The summed E-state index contributed by atoms with van der Waals surface area (Å²) in [5.74, 6) is 0.326. The second-order valence-electron chi connectivity index (χ2n) is 17.2. The predicted molar refractivity (Wildman–Crippen MR) is 244 cm³/mol. The SMILES string of the molecule is CC(C)(C)c1ccc2c(c1)c1cc(C(C)(C)C)c(I)cc1n2C1=CCC(c2ccc(-n3c4ccccc4c4cc5c(cc43)sc3ccccc35)cc2)C=C1. The van der Waals surface area contributed by atoms with Crippen molar-refractivity contribution in [3.05, 3.63) is 154 Å². The Morgan fingerprint density at radius 2 is 1.26 bits per heavy atom. The maximum atomic E-state index is 2.55. The molecule has 0 aliphatic heterocycles. The quantitative estimate of drug-likeness (QED) is 0.157. The molecular formula is C50H43IN2S. The normalized spacial score (nSPS) is 15.5. The van der Waals surface area contributed by atoms with Gasteiger partial charge in [-0.2, -0.15) is 0 Å². The molecule has 0 spiro atoms. The molecule has 0 amide bonds. The van der Waals surface area contributed by atoms with Gasteiger partial charge in [0.1, 0.15) is 0 Å². The van der Waals surface area contributed by atoms with E-state index in [1.54, 1.807) is 0 Å². The second kappa shape index (κ2) is 12.2. The van der Waals surface area contributed by atoms with Gasteiger partial charge in [-0.3, -0.25) is 0 Å². The molecule has 6 aromatic carbocycles. The van der Waals surface area contributed by atoms with Crippen LogP contribution in [-0.4, -0.2) is 9.13 Å². The van der Waals surface area contributed by atoms with Gasteiger partial charge in [-0.1, -0.05) is 108 Å². The van der Waals surface area contributed by atoms with E-state index < -0.39 is 0 Å². The lowest BCUT2D eigenvalue weighted by molar-refractivity contribution is 0.587. The van der Waals surface area contributed by atoms with Gasteiger partial charge in [0, 0.05) is 62.6 Å². The van der Waals surface area contributed by atoms with Crippen LogP contribution in [0.5, 0.6) is 0 Å². The van der Waals surface area contributed by atoms with Crippen LogP contribution in [0.15, 0.2) is 133 Å². The van der Waals surface area contributed by atoms with Crippen molar-refractivity contribution < 1.29 is 0 Å². The summed E-state index contributed by atoms with van der Waals surface area (Å²) in [5, 5.41) is 7.97. The molecule has 3 heterocycles. The van der Waals surface area contributed by atoms with Gasteiger partial charge in [-0.05, 0) is 123 Å². The molecule has 0 fully saturated rings. The topological polar surface area (TPSA) is 9.86 Å². The van der Waals surface area contributed by atoms with Crippen LogP contribution in [0.4, 0.5) is 0 Å². The minimum absolute atomic E-state index is 0.0702. The molecule has 4 heteroatoms. The lowest BCUT2D eigenvalue weighted by Gasteiger charge is -2.22. The van der Waals surface area contributed by atoms with E-state index in [-0.39, 0.29) is 10.8 Å². The van der Waals surface area contributed by atoms with Crippen molar-refractivity contribution in [3.8, 4) is 5.69 Å². The molecule has 2 nitrogen and oxygen atoms in total. The van der Waals surface area contributed by atoms with Crippen molar-refractivity contribution in [2.45, 2.75) is 64.7 Å². The molecule has 0 saturated heterocycles. The van der Waals surface area contributed by atoms with Crippen molar-refractivity contribution in [2.75, 3.05) is 0 Å². The Hall–Kier alpha value is -4.65. The van der Waals surface area contributed by atoms with Crippen LogP contribution >= 0.6 is 33.9 Å². The number of para-hydroxylation sites is 1. The summed E-state index contributed by atoms with van der Waals surface area (Å²) in [6, 6.07) is 43.7. The van der Waals surface area contributed by atoms with Crippen LogP contribution < -0.4 is 0 Å². The number of rotatable bonds is 3. The average molecular weight is 831 g/mol. The Balaban J connectivity index is 1.02. The molecule has 0 saturated carbocycles. The van der Waals surface area contributed by atoms with Crippen LogP contribution in [0.25, 0.3) is 75.2 Å². The zero-order valence-electron chi connectivity index (χ0n) is 31.7. The van der Waals surface area contributed by atoms with Crippen molar-refractivity contribution in [1.82, 2.24) is 9.13 Å². The number of halogens is 1. The summed E-state index contributed by atoms with van der Waals surface area (Å²) in [6.07, 6.45) is 8.18. The zero-order chi connectivity index (χ0) is 37.1. The van der Waals surface area contributed by atoms with Crippen LogP contribution in [0.3, 0.4) is 0 Å². The predicted octanol–water partition coefficient (Wildman–Crippen LogP) is 15.0. The Morgan fingerprint density at radius 1 is 0.574 bits per heavy atom. The van der Waals surface area contributed by atoms with Gasteiger partial charge in [-0.25, -0.2) is 0 Å². The summed E-state index contributed by atoms with van der Waals surface area (Å²) in [7, 11) is 0. The van der Waals surface area contributed by atoms with Gasteiger partial charge in [0.25, 0.3) is 0 Å². The number of thiophene rings is 1. The highest BCUT2D eigenvalue weighted by Gasteiger charge is 2.24. The number of fused-ring (bicyclic) bond motifs is 9. The summed E-state index contributed by atoms with van der Waals surface area (Å²) in [6.45, 7) is 13.9. The van der Waals surface area contributed by atoms with Crippen molar-refractivity contribution in [1.29, 1.82) is 0 Å². The minimum Gasteiger partial charge on any atom is -0.310 e. The smallest absolute Gasteiger partial charge is 0.0555 e. The molecule has 0 radical (unpaired) electrons. The van der Waals surface area contributed by atoms with Gasteiger partial charge < -0.3 is 9.13 Å². The molecule has 1 atom stereocenters. The van der Waals surface area contributed by atoms with Crippen LogP contribution in [0, 0.1) is 3.57 Å². The molecule has 1 unspecified atom stereocenters. The van der Waals surface area contributed by atoms with Gasteiger partial charge in [0.2, 0.25) is 0 Å². The molecule has 9 aromatic rings. The standard InChI is InChI=1S/C50H43IN2S/c1-49(2,3)32-19-24-44-37(25-32)39-27-41(50(4,5)6)42(51)28-45(39)53(44)34-22-17-31(18-23-34)30-15-20-33(21-16-30)52-43-13-9-7-11-35(43)38-26-40-36-12-8-10-14-47(36)54-48(40)29-46(38)52/h7-17,19-29,31H,18H2,1-6H3. The lowest BCUT2D eigenvalue weighted by Crippen LogP contribution is -2.13. The van der Waals surface area contributed by atoms with E-state index in [2.05, 4.69) is 207 Å². The summed E-state index contributed by atoms with van der Waals surface area (Å²) in [4.78, 5) is 0.